The number of amidine groups is 1. The molecular formula is C19H17FN2O. The number of rotatable bonds is 4. The molecule has 0 aliphatic carbocycles. The Balaban J connectivity index is 1.71. The summed E-state index contributed by atoms with van der Waals surface area (Å²) in [6.45, 7) is 2.07. The van der Waals surface area contributed by atoms with Crippen molar-refractivity contribution in [3.05, 3.63) is 76.7 Å². The minimum absolute atomic E-state index is 0.214. The van der Waals surface area contributed by atoms with E-state index in [2.05, 4.69) is 29.4 Å². The lowest BCUT2D eigenvalue weighted by molar-refractivity contribution is -0.115. The van der Waals surface area contributed by atoms with E-state index in [1.54, 1.807) is 18.2 Å². The van der Waals surface area contributed by atoms with Crippen molar-refractivity contribution in [3.8, 4) is 0 Å². The van der Waals surface area contributed by atoms with Crippen LogP contribution in [0.4, 0.5) is 4.39 Å². The van der Waals surface area contributed by atoms with E-state index in [0.29, 0.717) is 18.0 Å². The number of nitrogens with one attached hydrogen (secondary N) is 1. The third kappa shape index (κ3) is 3.72. The van der Waals surface area contributed by atoms with Crippen molar-refractivity contribution in [2.75, 3.05) is 0 Å². The van der Waals surface area contributed by atoms with E-state index in [-0.39, 0.29) is 11.7 Å². The zero-order valence-electron chi connectivity index (χ0n) is 12.8. The molecule has 1 N–H and O–H groups in total. The van der Waals surface area contributed by atoms with Crippen molar-refractivity contribution in [1.29, 1.82) is 0 Å². The highest BCUT2D eigenvalue weighted by atomic mass is 19.1. The van der Waals surface area contributed by atoms with Crippen LogP contribution >= 0.6 is 0 Å². The minimum atomic E-state index is -0.301. The van der Waals surface area contributed by atoms with Crippen LogP contribution in [0.5, 0.6) is 0 Å². The summed E-state index contributed by atoms with van der Waals surface area (Å²) in [7, 11) is 0. The zero-order valence-corrected chi connectivity index (χ0v) is 12.8. The fourth-order valence-electron chi connectivity index (χ4n) is 2.50. The van der Waals surface area contributed by atoms with Gasteiger partial charge in [0.2, 0.25) is 0 Å². The Hall–Kier alpha value is -2.75. The summed E-state index contributed by atoms with van der Waals surface area (Å²) in [5.74, 6) is 0.158. The van der Waals surface area contributed by atoms with Crippen LogP contribution in [0.25, 0.3) is 6.08 Å². The molecule has 1 aliphatic rings. The predicted octanol–water partition coefficient (Wildman–Crippen LogP) is 3.64. The molecule has 2 aromatic carbocycles. The SMILES string of the molecule is Cc1ccccc1CCC1=N/C(=C/c2ccc(F)cc2)C(=O)N1. The number of benzene rings is 2. The molecule has 1 heterocycles. The average molecular weight is 308 g/mol. The molecule has 2 aromatic rings. The van der Waals surface area contributed by atoms with Crippen molar-refractivity contribution in [2.45, 2.75) is 19.8 Å². The first-order chi connectivity index (χ1) is 11.1. The maximum Gasteiger partial charge on any atom is 0.275 e. The smallest absolute Gasteiger partial charge is 0.275 e. The van der Waals surface area contributed by atoms with Crippen LogP contribution in [0, 0.1) is 12.7 Å². The monoisotopic (exact) mass is 308 g/mol. The Morgan fingerprint density at radius 3 is 2.57 bits per heavy atom. The maximum absolute atomic E-state index is 12.9. The van der Waals surface area contributed by atoms with Gasteiger partial charge in [0.1, 0.15) is 17.3 Å². The van der Waals surface area contributed by atoms with E-state index in [4.69, 9.17) is 0 Å². The van der Waals surface area contributed by atoms with E-state index in [1.807, 2.05) is 12.1 Å². The van der Waals surface area contributed by atoms with Crippen LogP contribution in [0.1, 0.15) is 23.1 Å². The molecule has 0 spiro atoms. The molecule has 0 saturated carbocycles. The van der Waals surface area contributed by atoms with E-state index in [0.717, 1.165) is 12.0 Å². The summed E-state index contributed by atoms with van der Waals surface area (Å²) in [5.41, 5.74) is 3.59. The predicted molar refractivity (Wildman–Crippen MR) is 89.5 cm³/mol. The molecule has 0 unspecified atom stereocenters. The van der Waals surface area contributed by atoms with Crippen LogP contribution in [0.2, 0.25) is 0 Å². The van der Waals surface area contributed by atoms with Crippen LogP contribution in [0.3, 0.4) is 0 Å². The number of nitrogens with zero attached hydrogens (tertiary/aromatic N) is 1. The molecule has 0 radical (unpaired) electrons. The van der Waals surface area contributed by atoms with Gasteiger partial charge in [-0.1, -0.05) is 36.4 Å². The van der Waals surface area contributed by atoms with Gasteiger partial charge in [-0.25, -0.2) is 9.38 Å². The van der Waals surface area contributed by atoms with Gasteiger partial charge in [0.05, 0.1) is 0 Å². The summed E-state index contributed by atoms with van der Waals surface area (Å²) in [5, 5.41) is 2.79. The van der Waals surface area contributed by atoms with Gasteiger partial charge < -0.3 is 5.32 Å². The Bertz CT molecular complexity index is 791. The number of hydrogen-bond donors (Lipinski definition) is 1. The van der Waals surface area contributed by atoms with Gasteiger partial charge in [0.15, 0.2) is 0 Å². The highest BCUT2D eigenvalue weighted by molar-refractivity contribution is 6.14. The summed E-state index contributed by atoms with van der Waals surface area (Å²) < 4.78 is 12.9. The number of amides is 1. The lowest BCUT2D eigenvalue weighted by Crippen LogP contribution is -2.24. The fourth-order valence-corrected chi connectivity index (χ4v) is 2.50. The molecule has 116 valence electrons. The maximum atomic E-state index is 12.9. The van der Waals surface area contributed by atoms with Crippen molar-refractivity contribution < 1.29 is 9.18 Å². The Kier molecular flexibility index (Phi) is 4.33. The first-order valence-electron chi connectivity index (χ1n) is 7.52. The lowest BCUT2D eigenvalue weighted by Gasteiger charge is -2.04. The Labute approximate surface area is 134 Å². The molecular weight excluding hydrogens is 291 g/mol. The number of carbonyl (C=O) groups excluding carboxylic acids is 1. The highest BCUT2D eigenvalue weighted by Crippen LogP contribution is 2.15. The second kappa shape index (κ2) is 6.57. The second-order valence-corrected chi connectivity index (χ2v) is 5.52. The second-order valence-electron chi connectivity index (χ2n) is 5.52. The molecule has 3 nitrogen and oxygen atoms in total. The van der Waals surface area contributed by atoms with Crippen molar-refractivity contribution >= 4 is 17.8 Å². The molecule has 0 aromatic heterocycles. The normalized spacial score (nSPS) is 15.7. The van der Waals surface area contributed by atoms with Gasteiger partial charge in [0, 0.05) is 6.42 Å². The van der Waals surface area contributed by atoms with Crippen molar-refractivity contribution in [3.63, 3.8) is 0 Å². The topological polar surface area (TPSA) is 41.5 Å². The van der Waals surface area contributed by atoms with Gasteiger partial charge in [-0.05, 0) is 48.2 Å². The molecule has 0 saturated heterocycles. The number of halogens is 1. The molecule has 1 amide bonds. The fraction of sp³-hybridized carbons (Fsp3) is 0.158. The van der Waals surface area contributed by atoms with Crippen LogP contribution in [0.15, 0.2) is 59.2 Å². The Morgan fingerprint density at radius 1 is 1.09 bits per heavy atom. The molecule has 0 atom stereocenters. The minimum Gasteiger partial charge on any atom is -0.309 e. The van der Waals surface area contributed by atoms with Crippen LogP contribution < -0.4 is 5.32 Å². The third-order valence-electron chi connectivity index (χ3n) is 3.81. The van der Waals surface area contributed by atoms with Gasteiger partial charge in [-0.3, -0.25) is 4.79 Å². The van der Waals surface area contributed by atoms with E-state index in [9.17, 15) is 9.18 Å². The molecule has 3 rings (SSSR count). The number of aliphatic imine (C=N–C) groups is 1. The number of hydrogen-bond acceptors (Lipinski definition) is 2. The molecule has 4 heteroatoms. The zero-order chi connectivity index (χ0) is 16.2. The standard InChI is InChI=1S/C19H17FN2O/c1-13-4-2-3-5-15(13)8-11-18-21-17(19(23)22-18)12-14-6-9-16(20)10-7-14/h2-7,9-10,12H,8,11H2,1H3,(H,21,22,23)/b17-12+. The van der Waals surface area contributed by atoms with Crippen molar-refractivity contribution in [1.82, 2.24) is 5.32 Å². The van der Waals surface area contributed by atoms with E-state index < -0.39 is 0 Å². The highest BCUT2D eigenvalue weighted by Gasteiger charge is 2.19. The summed E-state index contributed by atoms with van der Waals surface area (Å²) in [6, 6.07) is 14.2. The van der Waals surface area contributed by atoms with Gasteiger partial charge in [0.25, 0.3) is 5.91 Å². The van der Waals surface area contributed by atoms with E-state index in [1.165, 1.54) is 23.3 Å². The first kappa shape index (κ1) is 15.2. The quantitative estimate of drug-likeness (QED) is 0.861. The summed E-state index contributed by atoms with van der Waals surface area (Å²) >= 11 is 0. The van der Waals surface area contributed by atoms with Gasteiger partial charge in [-0.2, -0.15) is 0 Å². The van der Waals surface area contributed by atoms with Gasteiger partial charge >= 0.3 is 0 Å². The largest absolute Gasteiger partial charge is 0.309 e. The Morgan fingerprint density at radius 2 is 1.83 bits per heavy atom. The first-order valence-corrected chi connectivity index (χ1v) is 7.52. The van der Waals surface area contributed by atoms with Crippen LogP contribution in [-0.4, -0.2) is 11.7 Å². The van der Waals surface area contributed by atoms with Crippen LogP contribution in [-0.2, 0) is 11.2 Å². The molecule has 0 fully saturated rings. The van der Waals surface area contributed by atoms with Crippen molar-refractivity contribution in [2.24, 2.45) is 4.99 Å². The van der Waals surface area contributed by atoms with E-state index >= 15 is 0 Å². The average Bonchev–Trinajstić information content (AvgIpc) is 2.89. The molecule has 1 aliphatic heterocycles. The summed E-state index contributed by atoms with van der Waals surface area (Å²) in [4.78, 5) is 16.3. The van der Waals surface area contributed by atoms with Gasteiger partial charge in [-0.15, -0.1) is 0 Å². The molecule has 0 bridgehead atoms. The third-order valence-corrected chi connectivity index (χ3v) is 3.81. The summed E-state index contributed by atoms with van der Waals surface area (Å²) in [6.07, 6.45) is 3.17. The number of aryl methyl sites for hydroxylation is 2. The number of carbonyl (C=O) groups is 1. The molecule has 23 heavy (non-hydrogen) atoms. The lowest BCUT2D eigenvalue weighted by atomic mass is 10.0.